The summed E-state index contributed by atoms with van der Waals surface area (Å²) in [5.41, 5.74) is 5.70. The molecule has 0 radical (unpaired) electrons. The number of nitrogens with two attached hydrogens (primary N) is 1. The molecular weight excluding hydrogens is 242 g/mol. The lowest BCUT2D eigenvalue weighted by atomic mass is 9.90. The highest BCUT2D eigenvalue weighted by atomic mass is 16.5. The van der Waals surface area contributed by atoms with Gasteiger partial charge in [-0.15, -0.1) is 0 Å². The van der Waals surface area contributed by atoms with Crippen LogP contribution in [0.15, 0.2) is 4.52 Å². The van der Waals surface area contributed by atoms with Gasteiger partial charge in [0.1, 0.15) is 5.54 Å². The highest BCUT2D eigenvalue weighted by Gasteiger charge is 2.38. The van der Waals surface area contributed by atoms with Crippen molar-refractivity contribution in [3.8, 4) is 0 Å². The van der Waals surface area contributed by atoms with E-state index in [0.29, 0.717) is 25.0 Å². The Kier molecular flexibility index (Phi) is 3.84. The number of ether oxygens (including phenoxy) is 1. The van der Waals surface area contributed by atoms with Gasteiger partial charge in [0.05, 0.1) is 6.61 Å². The molecule has 5 heteroatoms. The molecule has 1 aromatic heterocycles. The zero-order valence-corrected chi connectivity index (χ0v) is 11.4. The van der Waals surface area contributed by atoms with Gasteiger partial charge in [0.15, 0.2) is 5.82 Å². The second kappa shape index (κ2) is 5.59. The zero-order chi connectivity index (χ0) is 13.1. The number of hydrogen-bond acceptors (Lipinski definition) is 5. The first-order valence-corrected chi connectivity index (χ1v) is 7.49. The molecule has 0 amide bonds. The molecule has 1 atom stereocenters. The van der Waals surface area contributed by atoms with Gasteiger partial charge in [0.2, 0.25) is 5.89 Å². The Morgan fingerprint density at radius 2 is 1.84 bits per heavy atom. The minimum absolute atomic E-state index is 0.448. The molecule has 5 nitrogen and oxygen atoms in total. The number of rotatable bonds is 2. The summed E-state index contributed by atoms with van der Waals surface area (Å²) in [5, 5.41) is 4.18. The van der Waals surface area contributed by atoms with Crippen LogP contribution in [0.25, 0.3) is 0 Å². The monoisotopic (exact) mass is 265 g/mol. The van der Waals surface area contributed by atoms with Gasteiger partial charge >= 0.3 is 0 Å². The van der Waals surface area contributed by atoms with E-state index in [1.165, 1.54) is 44.9 Å². The Morgan fingerprint density at radius 3 is 2.53 bits per heavy atom. The molecule has 1 saturated carbocycles. The minimum Gasteiger partial charge on any atom is -0.379 e. The van der Waals surface area contributed by atoms with Gasteiger partial charge in [0, 0.05) is 12.5 Å². The average Bonchev–Trinajstić information content (AvgIpc) is 2.98. The molecule has 1 unspecified atom stereocenters. The van der Waals surface area contributed by atoms with Gasteiger partial charge in [-0.1, -0.05) is 37.3 Å². The summed E-state index contributed by atoms with van der Waals surface area (Å²) in [6.07, 6.45) is 9.68. The molecule has 106 valence electrons. The summed E-state index contributed by atoms with van der Waals surface area (Å²) < 4.78 is 10.8. The maximum atomic E-state index is 6.26. The molecule has 19 heavy (non-hydrogen) atoms. The van der Waals surface area contributed by atoms with Crippen molar-refractivity contribution < 1.29 is 9.26 Å². The first kappa shape index (κ1) is 13.1. The van der Waals surface area contributed by atoms with Gasteiger partial charge < -0.3 is 15.0 Å². The van der Waals surface area contributed by atoms with Crippen molar-refractivity contribution in [2.45, 2.75) is 62.8 Å². The second-order valence-electron chi connectivity index (χ2n) is 5.96. The van der Waals surface area contributed by atoms with Crippen LogP contribution in [0.3, 0.4) is 0 Å². The zero-order valence-electron chi connectivity index (χ0n) is 11.4. The lowest BCUT2D eigenvalue weighted by molar-refractivity contribution is 0.166. The van der Waals surface area contributed by atoms with Crippen LogP contribution in [0.2, 0.25) is 0 Å². The molecule has 2 heterocycles. The Morgan fingerprint density at radius 1 is 1.11 bits per heavy atom. The van der Waals surface area contributed by atoms with Crippen molar-refractivity contribution in [1.82, 2.24) is 10.1 Å². The lowest BCUT2D eigenvalue weighted by Crippen LogP contribution is -2.37. The van der Waals surface area contributed by atoms with Gasteiger partial charge in [-0.2, -0.15) is 4.98 Å². The van der Waals surface area contributed by atoms with Crippen LogP contribution in [-0.2, 0) is 10.3 Å². The largest absolute Gasteiger partial charge is 0.379 e. The van der Waals surface area contributed by atoms with Crippen LogP contribution in [0.1, 0.15) is 69.0 Å². The van der Waals surface area contributed by atoms with Crippen molar-refractivity contribution in [3.63, 3.8) is 0 Å². The van der Waals surface area contributed by atoms with E-state index < -0.39 is 5.54 Å². The van der Waals surface area contributed by atoms with Crippen LogP contribution in [0.5, 0.6) is 0 Å². The minimum atomic E-state index is -0.563. The molecule has 1 aromatic rings. The molecule has 0 bridgehead atoms. The smallest absolute Gasteiger partial charge is 0.249 e. The first-order valence-electron chi connectivity index (χ1n) is 7.49. The summed E-state index contributed by atoms with van der Waals surface area (Å²) in [7, 11) is 0. The maximum Gasteiger partial charge on any atom is 0.249 e. The van der Waals surface area contributed by atoms with Gasteiger partial charge in [0.25, 0.3) is 0 Å². The van der Waals surface area contributed by atoms with E-state index in [0.717, 1.165) is 12.2 Å². The number of hydrogen-bond donors (Lipinski definition) is 1. The predicted molar refractivity (Wildman–Crippen MR) is 70.7 cm³/mol. The van der Waals surface area contributed by atoms with Crippen molar-refractivity contribution in [1.29, 1.82) is 0 Å². The summed E-state index contributed by atoms with van der Waals surface area (Å²) in [6, 6.07) is 0. The number of nitrogens with zero attached hydrogens (tertiary/aromatic N) is 2. The van der Waals surface area contributed by atoms with Gasteiger partial charge in [-0.3, -0.25) is 0 Å². The Labute approximate surface area is 113 Å². The Hall–Kier alpha value is -0.940. The summed E-state index contributed by atoms with van der Waals surface area (Å²) in [6.45, 7) is 1.16. The lowest BCUT2D eigenvalue weighted by Gasteiger charge is -2.17. The highest BCUT2D eigenvalue weighted by Crippen LogP contribution is 2.32. The number of aromatic nitrogens is 2. The SMILES string of the molecule is NC1(c2nc(C3CCCCCCC3)no2)CCOC1. The van der Waals surface area contributed by atoms with E-state index in [-0.39, 0.29) is 0 Å². The predicted octanol–water partition coefficient (Wildman–Crippen LogP) is 2.47. The molecule has 3 rings (SSSR count). The van der Waals surface area contributed by atoms with E-state index in [4.69, 9.17) is 15.0 Å². The van der Waals surface area contributed by atoms with Crippen LogP contribution >= 0.6 is 0 Å². The average molecular weight is 265 g/mol. The Balaban J connectivity index is 1.72. The third kappa shape index (κ3) is 2.82. The third-order valence-electron chi connectivity index (χ3n) is 4.39. The molecule has 0 aromatic carbocycles. The van der Waals surface area contributed by atoms with Gasteiger partial charge in [-0.05, 0) is 19.3 Å². The molecule has 1 saturated heterocycles. The van der Waals surface area contributed by atoms with E-state index in [1.54, 1.807) is 0 Å². The fraction of sp³-hybridized carbons (Fsp3) is 0.857. The van der Waals surface area contributed by atoms with Crippen molar-refractivity contribution >= 4 is 0 Å². The molecule has 0 spiro atoms. The molecule has 2 fully saturated rings. The maximum absolute atomic E-state index is 6.26. The third-order valence-corrected chi connectivity index (χ3v) is 4.39. The topological polar surface area (TPSA) is 74.2 Å². The van der Waals surface area contributed by atoms with E-state index in [1.807, 2.05) is 0 Å². The molecule has 2 N–H and O–H groups in total. The molecule has 1 aliphatic carbocycles. The molecule has 1 aliphatic heterocycles. The normalized spacial score (nSPS) is 30.2. The quantitative estimate of drug-likeness (QED) is 0.889. The summed E-state index contributed by atoms with van der Waals surface area (Å²) in [4.78, 5) is 4.58. The first-order chi connectivity index (χ1) is 9.28. The van der Waals surface area contributed by atoms with Crippen LogP contribution in [0, 0.1) is 0 Å². The highest BCUT2D eigenvalue weighted by molar-refractivity contribution is 5.06. The van der Waals surface area contributed by atoms with Crippen LogP contribution in [-0.4, -0.2) is 23.4 Å². The Bertz CT molecular complexity index is 405. The van der Waals surface area contributed by atoms with Crippen molar-refractivity contribution in [2.24, 2.45) is 5.73 Å². The fourth-order valence-electron chi connectivity index (χ4n) is 3.07. The van der Waals surface area contributed by atoms with Crippen molar-refractivity contribution in [2.75, 3.05) is 13.2 Å². The second-order valence-corrected chi connectivity index (χ2v) is 5.96. The van der Waals surface area contributed by atoms with E-state index in [9.17, 15) is 0 Å². The van der Waals surface area contributed by atoms with E-state index >= 15 is 0 Å². The fourth-order valence-corrected chi connectivity index (χ4v) is 3.07. The van der Waals surface area contributed by atoms with Crippen molar-refractivity contribution in [3.05, 3.63) is 11.7 Å². The van der Waals surface area contributed by atoms with Crippen LogP contribution in [0.4, 0.5) is 0 Å². The summed E-state index contributed by atoms with van der Waals surface area (Å²) >= 11 is 0. The molecule has 2 aliphatic rings. The van der Waals surface area contributed by atoms with E-state index in [2.05, 4.69) is 10.1 Å². The standard InChI is InChI=1S/C14H23N3O2/c15-14(8-9-18-10-14)13-16-12(17-19-13)11-6-4-2-1-3-5-7-11/h11H,1-10,15H2. The summed E-state index contributed by atoms with van der Waals surface area (Å²) in [5.74, 6) is 1.86. The van der Waals surface area contributed by atoms with Crippen LogP contribution < -0.4 is 5.73 Å². The van der Waals surface area contributed by atoms with Gasteiger partial charge in [-0.25, -0.2) is 0 Å². The molecular formula is C14H23N3O2.